The summed E-state index contributed by atoms with van der Waals surface area (Å²) in [6.45, 7) is 1.97. The highest BCUT2D eigenvalue weighted by Crippen LogP contribution is 2.42. The summed E-state index contributed by atoms with van der Waals surface area (Å²) in [4.78, 5) is 28.3. The van der Waals surface area contributed by atoms with E-state index in [0.29, 0.717) is 33.1 Å². The molecule has 0 radical (unpaired) electrons. The molecule has 8 heteroatoms. The number of aromatic nitrogens is 2. The number of fused-ring (bicyclic) bond motifs is 2. The van der Waals surface area contributed by atoms with Gasteiger partial charge in [-0.1, -0.05) is 60.2 Å². The third-order valence-electron chi connectivity index (χ3n) is 4.91. The molecule has 0 fully saturated rings. The first-order valence-electron chi connectivity index (χ1n) is 9.05. The second-order valence-electron chi connectivity index (χ2n) is 6.63. The predicted molar refractivity (Wildman–Crippen MR) is 112 cm³/mol. The van der Waals surface area contributed by atoms with Crippen molar-refractivity contribution >= 4 is 44.9 Å². The van der Waals surface area contributed by atoms with E-state index in [1.54, 1.807) is 18.2 Å². The molecule has 5 rings (SSSR count). The fourth-order valence-corrected chi connectivity index (χ4v) is 4.56. The molecule has 0 saturated heterocycles. The van der Waals surface area contributed by atoms with E-state index >= 15 is 0 Å². The van der Waals surface area contributed by atoms with Crippen molar-refractivity contribution in [1.82, 2.24) is 10.2 Å². The molecule has 1 atom stereocenters. The van der Waals surface area contributed by atoms with Crippen molar-refractivity contribution in [2.24, 2.45) is 0 Å². The number of anilines is 1. The second-order valence-corrected chi connectivity index (χ2v) is 8.11. The molecular formula is C21H14ClN3O3S. The van der Waals surface area contributed by atoms with E-state index in [9.17, 15) is 9.59 Å². The lowest BCUT2D eigenvalue weighted by Gasteiger charge is -2.21. The first-order valence-corrected chi connectivity index (χ1v) is 10.2. The Bertz CT molecular complexity index is 1320. The summed E-state index contributed by atoms with van der Waals surface area (Å²) < 4.78 is 5.90. The average molecular weight is 424 g/mol. The summed E-state index contributed by atoms with van der Waals surface area (Å²) in [6.07, 6.45) is 0.711. The minimum absolute atomic E-state index is 0.0342. The van der Waals surface area contributed by atoms with Gasteiger partial charge in [0.05, 0.1) is 17.0 Å². The van der Waals surface area contributed by atoms with Gasteiger partial charge >= 0.3 is 0 Å². The Hall–Kier alpha value is -3.03. The van der Waals surface area contributed by atoms with Crippen molar-refractivity contribution in [3.05, 3.63) is 85.7 Å². The van der Waals surface area contributed by atoms with Crippen LogP contribution in [-0.4, -0.2) is 16.1 Å². The molecule has 1 aliphatic heterocycles. The molecule has 4 aromatic rings. The first kappa shape index (κ1) is 18.0. The summed E-state index contributed by atoms with van der Waals surface area (Å²) in [5.74, 6) is -0.367. The summed E-state index contributed by atoms with van der Waals surface area (Å²) in [7, 11) is 0. The number of nitrogens with zero attached hydrogens (tertiary/aromatic N) is 3. The molecule has 0 spiro atoms. The summed E-state index contributed by atoms with van der Waals surface area (Å²) in [6, 6.07) is 13.5. The lowest BCUT2D eigenvalue weighted by atomic mass is 9.99. The van der Waals surface area contributed by atoms with E-state index in [-0.39, 0.29) is 11.2 Å². The van der Waals surface area contributed by atoms with Crippen LogP contribution in [0.4, 0.5) is 5.13 Å². The fourth-order valence-electron chi connectivity index (χ4n) is 3.58. The van der Waals surface area contributed by atoms with Crippen LogP contribution in [0, 0.1) is 0 Å². The number of halogens is 1. The molecule has 1 aliphatic rings. The minimum Gasteiger partial charge on any atom is -0.450 e. The van der Waals surface area contributed by atoms with Gasteiger partial charge in [0.2, 0.25) is 10.9 Å². The molecule has 0 bridgehead atoms. The van der Waals surface area contributed by atoms with E-state index in [2.05, 4.69) is 10.2 Å². The Kier molecular flexibility index (Phi) is 4.22. The highest BCUT2D eigenvalue weighted by molar-refractivity contribution is 7.15. The van der Waals surface area contributed by atoms with E-state index in [1.165, 1.54) is 16.2 Å². The molecule has 2 aromatic carbocycles. The van der Waals surface area contributed by atoms with E-state index in [4.69, 9.17) is 16.0 Å². The van der Waals surface area contributed by atoms with Gasteiger partial charge in [0, 0.05) is 5.02 Å². The van der Waals surface area contributed by atoms with Gasteiger partial charge in [-0.25, -0.2) is 0 Å². The molecule has 0 unspecified atom stereocenters. The normalized spacial score (nSPS) is 15.9. The standard InChI is InChI=1S/C21H14ClN3O3S/c1-2-15-23-24-21(29-15)25-17(11-6-4-3-5-7-11)16-18(26)13-10-12(22)8-9-14(13)28-19(16)20(25)27/h3-10,17H,2H2,1H3/t17-/m1/s1. The maximum Gasteiger partial charge on any atom is 0.297 e. The van der Waals surface area contributed by atoms with E-state index in [1.807, 2.05) is 37.3 Å². The lowest BCUT2D eigenvalue weighted by Crippen LogP contribution is -2.29. The first-order chi connectivity index (χ1) is 14.1. The fraction of sp³-hybridized carbons (Fsp3) is 0.143. The quantitative estimate of drug-likeness (QED) is 0.481. The molecule has 0 saturated carbocycles. The summed E-state index contributed by atoms with van der Waals surface area (Å²) in [5, 5.41) is 10.4. The monoisotopic (exact) mass is 423 g/mol. The molecule has 144 valence electrons. The molecule has 3 heterocycles. The average Bonchev–Trinajstić information content (AvgIpc) is 3.32. The summed E-state index contributed by atoms with van der Waals surface area (Å²) >= 11 is 7.43. The van der Waals surface area contributed by atoms with Gasteiger partial charge in [0.1, 0.15) is 10.6 Å². The van der Waals surface area contributed by atoms with Crippen molar-refractivity contribution < 1.29 is 9.21 Å². The second kappa shape index (κ2) is 6.79. The zero-order chi connectivity index (χ0) is 20.1. The van der Waals surface area contributed by atoms with Crippen molar-refractivity contribution in [2.75, 3.05) is 4.90 Å². The number of carbonyl (C=O) groups excluding carboxylic acids is 1. The van der Waals surface area contributed by atoms with Gasteiger partial charge in [-0.05, 0) is 30.2 Å². The number of aryl methyl sites for hydroxylation is 1. The highest BCUT2D eigenvalue weighted by Gasteiger charge is 2.45. The van der Waals surface area contributed by atoms with Crippen LogP contribution < -0.4 is 10.3 Å². The zero-order valence-electron chi connectivity index (χ0n) is 15.3. The van der Waals surface area contributed by atoms with E-state index < -0.39 is 11.9 Å². The van der Waals surface area contributed by atoms with Gasteiger partial charge in [-0.15, -0.1) is 10.2 Å². The Balaban J connectivity index is 1.81. The molecular weight excluding hydrogens is 410 g/mol. The van der Waals surface area contributed by atoms with Crippen LogP contribution in [-0.2, 0) is 6.42 Å². The third kappa shape index (κ3) is 2.77. The lowest BCUT2D eigenvalue weighted by molar-refractivity contribution is 0.0970. The molecule has 1 amide bonds. The van der Waals surface area contributed by atoms with Crippen LogP contribution in [0.15, 0.2) is 57.7 Å². The maximum absolute atomic E-state index is 13.4. The number of benzene rings is 2. The highest BCUT2D eigenvalue weighted by atomic mass is 35.5. The van der Waals surface area contributed by atoms with Crippen molar-refractivity contribution in [1.29, 1.82) is 0 Å². The third-order valence-corrected chi connectivity index (χ3v) is 6.21. The maximum atomic E-state index is 13.4. The van der Waals surface area contributed by atoms with Crippen molar-refractivity contribution in [2.45, 2.75) is 19.4 Å². The van der Waals surface area contributed by atoms with Gasteiger partial charge in [-0.3, -0.25) is 14.5 Å². The van der Waals surface area contributed by atoms with Gasteiger partial charge in [0.15, 0.2) is 5.43 Å². The van der Waals surface area contributed by atoms with Crippen LogP contribution in [0.3, 0.4) is 0 Å². The number of amides is 1. The van der Waals surface area contributed by atoms with Crippen molar-refractivity contribution in [3.8, 4) is 0 Å². The van der Waals surface area contributed by atoms with Crippen LogP contribution in [0.1, 0.15) is 39.7 Å². The number of hydrogen-bond acceptors (Lipinski definition) is 6. The van der Waals surface area contributed by atoms with E-state index in [0.717, 1.165) is 10.6 Å². The Labute approximate surface area is 174 Å². The Morgan fingerprint density at radius 1 is 1.14 bits per heavy atom. The van der Waals surface area contributed by atoms with Gasteiger partial charge in [-0.2, -0.15) is 0 Å². The number of hydrogen-bond donors (Lipinski definition) is 0. The topological polar surface area (TPSA) is 76.3 Å². The minimum atomic E-state index is -0.643. The molecule has 0 aliphatic carbocycles. The predicted octanol–water partition coefficient (Wildman–Crippen LogP) is 4.61. The largest absolute Gasteiger partial charge is 0.450 e. The van der Waals surface area contributed by atoms with Gasteiger partial charge in [0.25, 0.3) is 5.91 Å². The smallest absolute Gasteiger partial charge is 0.297 e. The Morgan fingerprint density at radius 3 is 2.66 bits per heavy atom. The molecule has 29 heavy (non-hydrogen) atoms. The number of rotatable bonds is 3. The summed E-state index contributed by atoms with van der Waals surface area (Å²) in [5.41, 5.74) is 1.14. The SMILES string of the molecule is CCc1nnc(N2C(=O)c3oc4ccc(Cl)cc4c(=O)c3[C@H]2c2ccccc2)s1. The van der Waals surface area contributed by atoms with Crippen LogP contribution in [0.5, 0.6) is 0 Å². The van der Waals surface area contributed by atoms with Crippen LogP contribution in [0.2, 0.25) is 5.02 Å². The Morgan fingerprint density at radius 2 is 1.93 bits per heavy atom. The molecule has 2 aromatic heterocycles. The van der Waals surface area contributed by atoms with Crippen LogP contribution in [0.25, 0.3) is 11.0 Å². The van der Waals surface area contributed by atoms with Gasteiger partial charge < -0.3 is 4.42 Å². The van der Waals surface area contributed by atoms with Crippen molar-refractivity contribution in [3.63, 3.8) is 0 Å². The zero-order valence-corrected chi connectivity index (χ0v) is 16.8. The molecule has 6 nitrogen and oxygen atoms in total. The molecule has 0 N–H and O–H groups in total. The number of carbonyl (C=O) groups is 1. The van der Waals surface area contributed by atoms with Crippen LogP contribution >= 0.6 is 22.9 Å².